The molecule has 1 heterocycles. The lowest BCUT2D eigenvalue weighted by molar-refractivity contribution is 0.0699. The molecule has 5 heteroatoms. The standard InChI is InChI=1S/C15H16N2O3/c18-8-7-17(10-5-6-10)14-9-12(15(19)20)11-3-1-2-4-13(11)16-14/h1-4,9-10,18H,5-8H2,(H,19,20). The minimum absolute atomic E-state index is 0.0351. The number of anilines is 1. The summed E-state index contributed by atoms with van der Waals surface area (Å²) in [6.07, 6.45) is 2.13. The van der Waals surface area contributed by atoms with E-state index in [9.17, 15) is 15.0 Å². The van der Waals surface area contributed by atoms with Crippen molar-refractivity contribution in [1.29, 1.82) is 0 Å². The second-order valence-corrected chi connectivity index (χ2v) is 5.00. The highest BCUT2D eigenvalue weighted by Gasteiger charge is 2.30. The molecule has 0 unspecified atom stereocenters. The Morgan fingerprint density at radius 2 is 2.10 bits per heavy atom. The van der Waals surface area contributed by atoms with Crippen LogP contribution in [0.1, 0.15) is 23.2 Å². The Bertz CT molecular complexity index is 653. The van der Waals surface area contributed by atoms with Gasteiger partial charge in [0, 0.05) is 18.0 Å². The van der Waals surface area contributed by atoms with E-state index in [1.54, 1.807) is 12.1 Å². The van der Waals surface area contributed by atoms with Gasteiger partial charge in [0.05, 0.1) is 17.7 Å². The quantitative estimate of drug-likeness (QED) is 0.869. The Morgan fingerprint density at radius 3 is 2.75 bits per heavy atom. The molecular formula is C15H16N2O3. The molecule has 0 aliphatic heterocycles. The highest BCUT2D eigenvalue weighted by atomic mass is 16.4. The molecule has 3 rings (SSSR count). The molecule has 104 valence electrons. The number of hydrogen-bond donors (Lipinski definition) is 2. The number of carboxylic acids is 1. The summed E-state index contributed by atoms with van der Waals surface area (Å²) in [5.74, 6) is -0.317. The zero-order valence-corrected chi connectivity index (χ0v) is 11.0. The summed E-state index contributed by atoms with van der Waals surface area (Å²) in [4.78, 5) is 18.0. The van der Waals surface area contributed by atoms with Crippen molar-refractivity contribution in [2.45, 2.75) is 18.9 Å². The van der Waals surface area contributed by atoms with E-state index in [-0.39, 0.29) is 12.2 Å². The lowest BCUT2D eigenvalue weighted by Gasteiger charge is -2.23. The van der Waals surface area contributed by atoms with Gasteiger partial charge in [-0.3, -0.25) is 0 Å². The fourth-order valence-electron chi connectivity index (χ4n) is 2.46. The van der Waals surface area contributed by atoms with Crippen LogP contribution in [0, 0.1) is 0 Å². The molecule has 1 fully saturated rings. The van der Waals surface area contributed by atoms with E-state index in [0.29, 0.717) is 29.3 Å². The van der Waals surface area contributed by atoms with Crippen molar-refractivity contribution in [3.05, 3.63) is 35.9 Å². The summed E-state index contributed by atoms with van der Waals surface area (Å²) in [5, 5.41) is 19.2. The number of benzene rings is 1. The largest absolute Gasteiger partial charge is 0.478 e. The van der Waals surface area contributed by atoms with E-state index in [1.165, 1.54) is 0 Å². The van der Waals surface area contributed by atoms with E-state index < -0.39 is 5.97 Å². The van der Waals surface area contributed by atoms with Crippen LogP contribution in [0.3, 0.4) is 0 Å². The van der Waals surface area contributed by atoms with Crippen LogP contribution in [0.25, 0.3) is 10.9 Å². The molecule has 2 N–H and O–H groups in total. The molecule has 20 heavy (non-hydrogen) atoms. The van der Waals surface area contributed by atoms with Gasteiger partial charge in [0.25, 0.3) is 0 Å². The van der Waals surface area contributed by atoms with Crippen LogP contribution in [0.5, 0.6) is 0 Å². The van der Waals surface area contributed by atoms with Crippen molar-refractivity contribution in [1.82, 2.24) is 4.98 Å². The smallest absolute Gasteiger partial charge is 0.336 e. The Labute approximate surface area is 116 Å². The SMILES string of the molecule is O=C(O)c1cc(N(CCO)C2CC2)nc2ccccc12. The molecule has 0 bridgehead atoms. The molecule has 1 aliphatic carbocycles. The molecule has 1 aromatic heterocycles. The van der Waals surface area contributed by atoms with Crippen molar-refractivity contribution in [3.8, 4) is 0 Å². The maximum atomic E-state index is 11.4. The molecule has 1 saturated carbocycles. The zero-order chi connectivity index (χ0) is 14.1. The van der Waals surface area contributed by atoms with Crippen LogP contribution in [-0.4, -0.2) is 40.4 Å². The summed E-state index contributed by atoms with van der Waals surface area (Å²) in [6.45, 7) is 0.516. The lowest BCUT2D eigenvalue weighted by atomic mass is 10.1. The number of aliphatic hydroxyl groups is 1. The number of aromatic carboxylic acids is 1. The Balaban J connectivity index is 2.13. The fraction of sp³-hybridized carbons (Fsp3) is 0.333. The third kappa shape index (κ3) is 2.32. The highest BCUT2D eigenvalue weighted by molar-refractivity contribution is 6.03. The van der Waals surface area contributed by atoms with Crippen LogP contribution >= 0.6 is 0 Å². The second-order valence-electron chi connectivity index (χ2n) is 5.00. The van der Waals surface area contributed by atoms with Gasteiger partial charge >= 0.3 is 5.97 Å². The molecule has 1 aliphatic rings. The maximum absolute atomic E-state index is 11.4. The predicted octanol–water partition coefficient (Wildman–Crippen LogP) is 1.89. The van der Waals surface area contributed by atoms with E-state index in [1.807, 2.05) is 23.1 Å². The predicted molar refractivity (Wildman–Crippen MR) is 76.2 cm³/mol. The first-order valence-electron chi connectivity index (χ1n) is 6.71. The molecule has 1 aromatic carbocycles. The average molecular weight is 272 g/mol. The average Bonchev–Trinajstić information content (AvgIpc) is 3.28. The van der Waals surface area contributed by atoms with Crippen LogP contribution in [0.15, 0.2) is 30.3 Å². The molecule has 0 saturated heterocycles. The van der Waals surface area contributed by atoms with Gasteiger partial charge in [0.2, 0.25) is 0 Å². The Kier molecular flexibility index (Phi) is 3.28. The van der Waals surface area contributed by atoms with Crippen LogP contribution in [-0.2, 0) is 0 Å². The lowest BCUT2D eigenvalue weighted by Crippen LogP contribution is -2.30. The second kappa shape index (κ2) is 5.09. The summed E-state index contributed by atoms with van der Waals surface area (Å²) in [5.41, 5.74) is 0.931. The third-order valence-corrected chi connectivity index (χ3v) is 3.56. The van der Waals surface area contributed by atoms with E-state index in [2.05, 4.69) is 4.98 Å². The van der Waals surface area contributed by atoms with E-state index in [0.717, 1.165) is 12.8 Å². The molecule has 0 amide bonds. The van der Waals surface area contributed by atoms with Crippen molar-refractivity contribution in [2.24, 2.45) is 0 Å². The van der Waals surface area contributed by atoms with Gasteiger partial charge < -0.3 is 15.1 Å². The van der Waals surface area contributed by atoms with Crippen molar-refractivity contribution in [2.75, 3.05) is 18.1 Å². The first kappa shape index (κ1) is 12.9. The molecule has 0 atom stereocenters. The minimum atomic E-state index is -0.954. The summed E-state index contributed by atoms with van der Waals surface area (Å²) >= 11 is 0. The van der Waals surface area contributed by atoms with Crippen LogP contribution in [0.2, 0.25) is 0 Å². The number of hydrogen-bond acceptors (Lipinski definition) is 4. The molecular weight excluding hydrogens is 256 g/mol. The number of aromatic nitrogens is 1. The molecule has 0 spiro atoms. The first-order valence-corrected chi connectivity index (χ1v) is 6.71. The van der Waals surface area contributed by atoms with Gasteiger partial charge in [0.15, 0.2) is 0 Å². The number of carboxylic acid groups (broad SMARTS) is 1. The van der Waals surface area contributed by atoms with E-state index >= 15 is 0 Å². The first-order chi connectivity index (χ1) is 9.70. The Morgan fingerprint density at radius 1 is 1.35 bits per heavy atom. The molecule has 2 aromatic rings. The normalized spacial score (nSPS) is 14.4. The van der Waals surface area contributed by atoms with Gasteiger partial charge in [-0.05, 0) is 25.0 Å². The van der Waals surface area contributed by atoms with Crippen LogP contribution < -0.4 is 4.90 Å². The van der Waals surface area contributed by atoms with E-state index in [4.69, 9.17) is 0 Å². The number of aliphatic hydroxyl groups excluding tert-OH is 1. The van der Waals surface area contributed by atoms with Gasteiger partial charge in [-0.15, -0.1) is 0 Å². The summed E-state index contributed by atoms with van der Waals surface area (Å²) < 4.78 is 0. The van der Waals surface area contributed by atoms with Gasteiger partial charge in [-0.1, -0.05) is 18.2 Å². The summed E-state index contributed by atoms with van der Waals surface area (Å²) in [7, 11) is 0. The Hall–Kier alpha value is -2.14. The van der Waals surface area contributed by atoms with Gasteiger partial charge in [-0.2, -0.15) is 0 Å². The van der Waals surface area contributed by atoms with Gasteiger partial charge in [-0.25, -0.2) is 9.78 Å². The monoisotopic (exact) mass is 272 g/mol. The van der Waals surface area contributed by atoms with Gasteiger partial charge in [0.1, 0.15) is 5.82 Å². The fourth-order valence-corrected chi connectivity index (χ4v) is 2.46. The molecule has 0 radical (unpaired) electrons. The highest BCUT2D eigenvalue weighted by Crippen LogP contribution is 2.32. The number of para-hydroxylation sites is 1. The minimum Gasteiger partial charge on any atom is -0.478 e. The maximum Gasteiger partial charge on any atom is 0.336 e. The van der Waals surface area contributed by atoms with Crippen molar-refractivity contribution < 1.29 is 15.0 Å². The van der Waals surface area contributed by atoms with Crippen molar-refractivity contribution >= 4 is 22.7 Å². The number of nitrogens with zero attached hydrogens (tertiary/aromatic N) is 2. The topological polar surface area (TPSA) is 73.7 Å². The number of rotatable bonds is 5. The molecule has 5 nitrogen and oxygen atoms in total. The van der Waals surface area contributed by atoms with Crippen LogP contribution in [0.4, 0.5) is 5.82 Å². The third-order valence-electron chi connectivity index (χ3n) is 3.56. The zero-order valence-electron chi connectivity index (χ0n) is 11.0. The number of carbonyl (C=O) groups is 1. The number of pyridine rings is 1. The number of fused-ring (bicyclic) bond motifs is 1. The van der Waals surface area contributed by atoms with Crippen molar-refractivity contribution in [3.63, 3.8) is 0 Å². The summed E-state index contributed by atoms with van der Waals surface area (Å²) in [6, 6.07) is 9.22.